The molecule has 0 radical (unpaired) electrons. The summed E-state index contributed by atoms with van der Waals surface area (Å²) in [5.74, 6) is 0. The third-order valence-corrected chi connectivity index (χ3v) is 3.31. The molecule has 0 amide bonds. The Labute approximate surface area is 82.4 Å². The van der Waals surface area contributed by atoms with E-state index in [-0.39, 0.29) is 11.5 Å². The van der Waals surface area contributed by atoms with E-state index in [0.717, 1.165) is 0 Å². The van der Waals surface area contributed by atoms with Gasteiger partial charge in [-0.1, -0.05) is 6.92 Å². The summed E-state index contributed by atoms with van der Waals surface area (Å²) < 4.78 is 25.4. The molecule has 1 rings (SSSR count). The normalized spacial score (nSPS) is 14.1. The Balaban J connectivity index is 2.77. The molecule has 14 heavy (non-hydrogen) atoms. The van der Waals surface area contributed by atoms with Crippen LogP contribution in [0.15, 0.2) is 17.3 Å². The third kappa shape index (κ3) is 2.53. The van der Waals surface area contributed by atoms with E-state index >= 15 is 0 Å². The van der Waals surface area contributed by atoms with Crippen LogP contribution in [0.3, 0.4) is 0 Å². The Morgan fingerprint density at radius 3 is 2.86 bits per heavy atom. The largest absolute Gasteiger partial charge is 0.395 e. The fraction of sp³-hybridized carbons (Fsp3) is 0.571. The predicted octanol–water partition coefficient (Wildman–Crippen LogP) is -0.541. The molecule has 3 N–H and O–H groups in total. The highest BCUT2D eigenvalue weighted by Crippen LogP contribution is 2.06. The molecule has 80 valence electrons. The molecule has 6 nitrogen and oxygen atoms in total. The van der Waals surface area contributed by atoms with E-state index < -0.39 is 16.1 Å². The maximum atomic E-state index is 11.5. The molecule has 0 unspecified atom stereocenters. The van der Waals surface area contributed by atoms with Gasteiger partial charge in [-0.2, -0.15) is 5.10 Å². The molecule has 0 bridgehead atoms. The topological polar surface area (TPSA) is 95.1 Å². The van der Waals surface area contributed by atoms with Crippen molar-refractivity contribution in [2.75, 3.05) is 6.61 Å². The predicted molar refractivity (Wildman–Crippen MR) is 50.1 cm³/mol. The van der Waals surface area contributed by atoms with Gasteiger partial charge in [0, 0.05) is 12.2 Å². The lowest BCUT2D eigenvalue weighted by Gasteiger charge is -2.12. The summed E-state index contributed by atoms with van der Waals surface area (Å²) in [7, 11) is -3.54. The molecule has 0 aromatic carbocycles. The number of sulfonamides is 1. The number of aliphatic hydroxyl groups excluding tert-OH is 1. The summed E-state index contributed by atoms with van der Waals surface area (Å²) in [6.45, 7) is 1.58. The van der Waals surface area contributed by atoms with Crippen molar-refractivity contribution in [3.63, 3.8) is 0 Å². The second kappa shape index (κ2) is 4.54. The maximum absolute atomic E-state index is 11.5. The van der Waals surface area contributed by atoms with Crippen LogP contribution in [0.2, 0.25) is 0 Å². The lowest BCUT2D eigenvalue weighted by Crippen LogP contribution is -2.36. The lowest BCUT2D eigenvalue weighted by atomic mass is 10.3. The minimum atomic E-state index is -3.54. The van der Waals surface area contributed by atoms with E-state index in [4.69, 9.17) is 5.11 Å². The van der Waals surface area contributed by atoms with Crippen LogP contribution in [0.4, 0.5) is 0 Å². The second-order valence-electron chi connectivity index (χ2n) is 2.84. The summed E-state index contributed by atoms with van der Waals surface area (Å²) in [4.78, 5) is 0.0735. The zero-order valence-corrected chi connectivity index (χ0v) is 8.58. The zero-order valence-electron chi connectivity index (χ0n) is 7.77. The number of aromatic amines is 1. The van der Waals surface area contributed by atoms with Crippen LogP contribution in [0.1, 0.15) is 13.3 Å². The molecule has 1 aromatic heterocycles. The molecule has 1 heterocycles. The first kappa shape index (κ1) is 11.2. The fourth-order valence-corrected chi connectivity index (χ4v) is 2.14. The molecule has 7 heteroatoms. The van der Waals surface area contributed by atoms with Crippen molar-refractivity contribution in [2.45, 2.75) is 24.3 Å². The highest BCUT2D eigenvalue weighted by molar-refractivity contribution is 7.89. The molecule has 0 aliphatic carbocycles. The highest BCUT2D eigenvalue weighted by Gasteiger charge is 2.18. The lowest BCUT2D eigenvalue weighted by molar-refractivity contribution is 0.254. The summed E-state index contributed by atoms with van der Waals surface area (Å²) >= 11 is 0. The van der Waals surface area contributed by atoms with Crippen molar-refractivity contribution in [3.8, 4) is 0 Å². The maximum Gasteiger partial charge on any atom is 0.244 e. The average Bonchev–Trinajstić information content (AvgIpc) is 2.67. The number of hydrogen-bond donors (Lipinski definition) is 3. The van der Waals surface area contributed by atoms with E-state index in [0.29, 0.717) is 6.42 Å². The summed E-state index contributed by atoms with van der Waals surface area (Å²) in [5, 5.41) is 14.8. The van der Waals surface area contributed by atoms with Crippen molar-refractivity contribution in [1.82, 2.24) is 14.9 Å². The smallest absolute Gasteiger partial charge is 0.244 e. The zero-order chi connectivity index (χ0) is 10.6. The minimum absolute atomic E-state index is 0.0735. The van der Waals surface area contributed by atoms with Crippen LogP contribution in [0.25, 0.3) is 0 Å². The van der Waals surface area contributed by atoms with Gasteiger partial charge in [-0.05, 0) is 6.42 Å². The Morgan fingerprint density at radius 2 is 2.43 bits per heavy atom. The van der Waals surface area contributed by atoms with Crippen molar-refractivity contribution < 1.29 is 13.5 Å². The average molecular weight is 219 g/mol. The monoisotopic (exact) mass is 219 g/mol. The van der Waals surface area contributed by atoms with Gasteiger partial charge in [0.15, 0.2) is 0 Å². The van der Waals surface area contributed by atoms with Gasteiger partial charge in [0.25, 0.3) is 0 Å². The van der Waals surface area contributed by atoms with Gasteiger partial charge in [-0.25, -0.2) is 13.1 Å². The van der Waals surface area contributed by atoms with Crippen LogP contribution in [-0.4, -0.2) is 36.4 Å². The molecular formula is C7H13N3O3S. The van der Waals surface area contributed by atoms with Crippen LogP contribution in [-0.2, 0) is 10.0 Å². The van der Waals surface area contributed by atoms with Crippen molar-refractivity contribution >= 4 is 10.0 Å². The summed E-state index contributed by atoms with van der Waals surface area (Å²) in [5.41, 5.74) is 0. The first-order valence-electron chi connectivity index (χ1n) is 4.22. The fourth-order valence-electron chi connectivity index (χ4n) is 0.923. The van der Waals surface area contributed by atoms with Crippen molar-refractivity contribution in [2.24, 2.45) is 0 Å². The first-order valence-corrected chi connectivity index (χ1v) is 5.70. The van der Waals surface area contributed by atoms with Gasteiger partial charge >= 0.3 is 0 Å². The Morgan fingerprint density at radius 1 is 1.71 bits per heavy atom. The molecule has 0 saturated carbocycles. The van der Waals surface area contributed by atoms with Gasteiger partial charge in [0.2, 0.25) is 10.0 Å². The highest BCUT2D eigenvalue weighted by atomic mass is 32.2. The molecule has 0 aliphatic rings. The molecule has 0 aliphatic heterocycles. The molecule has 0 fully saturated rings. The Kier molecular flexibility index (Phi) is 3.62. The van der Waals surface area contributed by atoms with Crippen LogP contribution < -0.4 is 4.72 Å². The Hall–Kier alpha value is -0.920. The van der Waals surface area contributed by atoms with E-state index in [1.165, 1.54) is 12.4 Å². The van der Waals surface area contributed by atoms with E-state index in [1.54, 1.807) is 6.92 Å². The third-order valence-electron chi connectivity index (χ3n) is 1.82. The number of aliphatic hydroxyl groups is 1. The summed E-state index contributed by atoms with van der Waals surface area (Å²) in [6.07, 6.45) is 3.03. The second-order valence-corrected chi connectivity index (χ2v) is 4.56. The number of rotatable bonds is 5. The molecule has 0 spiro atoms. The molecule has 1 atom stereocenters. The van der Waals surface area contributed by atoms with Crippen LogP contribution in [0.5, 0.6) is 0 Å². The standard InChI is InChI=1S/C7H13N3O3S/c1-2-6(5-11)10-14(12,13)7-3-8-9-4-7/h3-4,6,10-11H,2,5H2,1H3,(H,8,9)/t6-/m1/s1. The molecule has 1 aromatic rings. The quantitative estimate of drug-likeness (QED) is 0.619. The number of nitrogens with one attached hydrogen (secondary N) is 2. The first-order chi connectivity index (χ1) is 6.60. The SMILES string of the molecule is CC[C@H](CO)NS(=O)(=O)c1cn[nH]c1. The number of H-pyrrole nitrogens is 1. The van der Waals surface area contributed by atoms with Gasteiger partial charge in [-0.3, -0.25) is 5.10 Å². The van der Waals surface area contributed by atoms with E-state index in [2.05, 4.69) is 14.9 Å². The van der Waals surface area contributed by atoms with E-state index in [1.807, 2.05) is 0 Å². The number of nitrogens with zero attached hydrogens (tertiary/aromatic N) is 1. The Bertz CT molecular complexity index is 356. The van der Waals surface area contributed by atoms with Gasteiger partial charge < -0.3 is 5.11 Å². The van der Waals surface area contributed by atoms with Crippen LogP contribution in [0, 0.1) is 0 Å². The van der Waals surface area contributed by atoms with Gasteiger partial charge in [-0.15, -0.1) is 0 Å². The van der Waals surface area contributed by atoms with Crippen molar-refractivity contribution in [3.05, 3.63) is 12.4 Å². The van der Waals surface area contributed by atoms with Gasteiger partial charge in [0.05, 0.1) is 12.8 Å². The van der Waals surface area contributed by atoms with Crippen LogP contribution >= 0.6 is 0 Å². The number of hydrogen-bond acceptors (Lipinski definition) is 4. The minimum Gasteiger partial charge on any atom is -0.395 e. The van der Waals surface area contributed by atoms with Gasteiger partial charge in [0.1, 0.15) is 4.90 Å². The molecule has 0 saturated heterocycles. The number of aromatic nitrogens is 2. The molecular weight excluding hydrogens is 206 g/mol. The van der Waals surface area contributed by atoms with Crippen molar-refractivity contribution in [1.29, 1.82) is 0 Å². The van der Waals surface area contributed by atoms with E-state index in [9.17, 15) is 8.42 Å². The summed E-state index contributed by atoms with van der Waals surface area (Å²) in [6, 6.07) is -0.449.